The molecule has 0 bridgehead atoms. The zero-order valence-electron chi connectivity index (χ0n) is 18.3. The maximum absolute atomic E-state index is 12.8. The molecule has 0 saturated carbocycles. The highest BCUT2D eigenvalue weighted by Crippen LogP contribution is 2.38. The van der Waals surface area contributed by atoms with Crippen LogP contribution in [-0.2, 0) is 11.2 Å². The summed E-state index contributed by atoms with van der Waals surface area (Å²) in [6.07, 6.45) is 0.209. The van der Waals surface area contributed by atoms with Crippen molar-refractivity contribution in [3.05, 3.63) is 47.5 Å². The van der Waals surface area contributed by atoms with E-state index in [0.29, 0.717) is 54.7 Å². The molecular weight excluding hydrogens is 400 g/mol. The normalized spacial score (nSPS) is 13.5. The summed E-state index contributed by atoms with van der Waals surface area (Å²) in [5.74, 6) is 2.09. The molecule has 3 rings (SSSR count). The molecule has 1 aliphatic heterocycles. The van der Waals surface area contributed by atoms with Crippen molar-refractivity contribution in [3.8, 4) is 23.0 Å². The van der Waals surface area contributed by atoms with Crippen LogP contribution in [0, 0.1) is 0 Å². The zero-order chi connectivity index (χ0) is 22.4. The smallest absolute Gasteiger partial charge is 0.254 e. The number of nitrogens with zero attached hydrogens (tertiary/aromatic N) is 2. The van der Waals surface area contributed by atoms with Gasteiger partial charge in [0, 0.05) is 31.7 Å². The molecule has 1 heterocycles. The molecule has 8 heteroatoms. The quantitative estimate of drug-likeness (QED) is 0.673. The second-order valence-corrected chi connectivity index (χ2v) is 7.12. The van der Waals surface area contributed by atoms with Gasteiger partial charge in [0.25, 0.3) is 5.91 Å². The van der Waals surface area contributed by atoms with Crippen LogP contribution in [0.2, 0.25) is 0 Å². The second-order valence-electron chi connectivity index (χ2n) is 7.12. The van der Waals surface area contributed by atoms with Crippen LogP contribution >= 0.6 is 0 Å². The lowest BCUT2D eigenvalue weighted by Gasteiger charge is -2.35. The Bertz CT molecular complexity index is 912. The van der Waals surface area contributed by atoms with Crippen molar-refractivity contribution in [1.29, 1.82) is 0 Å². The van der Waals surface area contributed by atoms with E-state index in [1.165, 1.54) is 7.11 Å². The van der Waals surface area contributed by atoms with Crippen molar-refractivity contribution in [2.75, 3.05) is 54.6 Å². The number of amides is 2. The van der Waals surface area contributed by atoms with Crippen molar-refractivity contribution in [3.63, 3.8) is 0 Å². The van der Waals surface area contributed by atoms with Gasteiger partial charge in [-0.05, 0) is 35.9 Å². The molecule has 2 amide bonds. The average Bonchev–Trinajstić information content (AvgIpc) is 2.82. The van der Waals surface area contributed by atoms with Gasteiger partial charge < -0.3 is 28.7 Å². The van der Waals surface area contributed by atoms with Crippen LogP contribution < -0.4 is 18.9 Å². The third-order valence-corrected chi connectivity index (χ3v) is 5.32. The van der Waals surface area contributed by atoms with Gasteiger partial charge in [-0.15, -0.1) is 0 Å². The van der Waals surface area contributed by atoms with Gasteiger partial charge in [0.1, 0.15) is 5.75 Å². The highest BCUT2D eigenvalue weighted by atomic mass is 16.5. The number of hydrogen-bond donors (Lipinski definition) is 0. The standard InChI is InChI=1S/C23H28N2O6/c1-28-18-7-5-6-17(15-18)23(27)25-10-8-24(9-11-25)21(26)14-16-12-19(29-2)22(31-4)20(13-16)30-3/h5-7,12-13,15H,8-11,14H2,1-4H3. The highest BCUT2D eigenvalue weighted by Gasteiger charge is 2.25. The van der Waals surface area contributed by atoms with E-state index in [4.69, 9.17) is 18.9 Å². The number of carbonyl (C=O) groups excluding carboxylic acids is 2. The predicted molar refractivity (Wildman–Crippen MR) is 115 cm³/mol. The van der Waals surface area contributed by atoms with Crippen LogP contribution in [0.15, 0.2) is 36.4 Å². The number of piperazine rings is 1. The van der Waals surface area contributed by atoms with Crippen molar-refractivity contribution in [1.82, 2.24) is 9.80 Å². The van der Waals surface area contributed by atoms with Crippen molar-refractivity contribution in [2.24, 2.45) is 0 Å². The molecule has 0 aliphatic carbocycles. The lowest BCUT2D eigenvalue weighted by molar-refractivity contribution is -0.131. The first-order valence-corrected chi connectivity index (χ1v) is 10.0. The Labute approximate surface area is 182 Å². The summed E-state index contributed by atoms with van der Waals surface area (Å²) in [5.41, 5.74) is 1.35. The Hall–Kier alpha value is -3.42. The van der Waals surface area contributed by atoms with Crippen molar-refractivity contribution >= 4 is 11.8 Å². The van der Waals surface area contributed by atoms with Gasteiger partial charge in [-0.1, -0.05) is 6.07 Å². The van der Waals surface area contributed by atoms with E-state index in [1.54, 1.807) is 67.5 Å². The number of hydrogen-bond acceptors (Lipinski definition) is 6. The van der Waals surface area contributed by atoms with Crippen LogP contribution in [0.1, 0.15) is 15.9 Å². The number of carbonyl (C=O) groups is 2. The maximum Gasteiger partial charge on any atom is 0.254 e. The van der Waals surface area contributed by atoms with E-state index in [2.05, 4.69) is 0 Å². The lowest BCUT2D eigenvalue weighted by atomic mass is 10.1. The van der Waals surface area contributed by atoms with Crippen LogP contribution in [0.4, 0.5) is 0 Å². The number of benzene rings is 2. The Balaban J connectivity index is 1.62. The first-order chi connectivity index (χ1) is 15.0. The van der Waals surface area contributed by atoms with Crippen molar-refractivity contribution < 1.29 is 28.5 Å². The number of ether oxygens (including phenoxy) is 4. The topological polar surface area (TPSA) is 77.5 Å². The second kappa shape index (κ2) is 10.1. The van der Waals surface area contributed by atoms with Gasteiger partial charge in [0.05, 0.1) is 34.9 Å². The molecule has 1 fully saturated rings. The Morgan fingerprint density at radius 2 is 1.42 bits per heavy atom. The van der Waals surface area contributed by atoms with E-state index in [1.807, 2.05) is 0 Å². The maximum atomic E-state index is 12.8. The van der Waals surface area contributed by atoms with Gasteiger partial charge in [0.2, 0.25) is 11.7 Å². The molecule has 1 saturated heterocycles. The van der Waals surface area contributed by atoms with Gasteiger partial charge >= 0.3 is 0 Å². The van der Waals surface area contributed by atoms with Crippen molar-refractivity contribution in [2.45, 2.75) is 6.42 Å². The largest absolute Gasteiger partial charge is 0.497 e. The lowest BCUT2D eigenvalue weighted by Crippen LogP contribution is -2.51. The van der Waals surface area contributed by atoms with E-state index in [-0.39, 0.29) is 18.2 Å². The third-order valence-electron chi connectivity index (χ3n) is 5.32. The van der Waals surface area contributed by atoms with Gasteiger partial charge in [-0.3, -0.25) is 9.59 Å². The first-order valence-electron chi connectivity index (χ1n) is 10.0. The van der Waals surface area contributed by atoms with Gasteiger partial charge in [-0.2, -0.15) is 0 Å². The predicted octanol–water partition coefficient (Wildman–Crippen LogP) is 2.25. The average molecular weight is 428 g/mol. The molecule has 166 valence electrons. The molecule has 0 unspecified atom stereocenters. The summed E-state index contributed by atoms with van der Waals surface area (Å²) in [6, 6.07) is 10.7. The molecule has 0 N–H and O–H groups in total. The van der Waals surface area contributed by atoms with Gasteiger partial charge in [-0.25, -0.2) is 0 Å². The van der Waals surface area contributed by atoms with Gasteiger partial charge in [0.15, 0.2) is 11.5 Å². The zero-order valence-corrected chi connectivity index (χ0v) is 18.3. The summed E-state index contributed by atoms with van der Waals surface area (Å²) < 4.78 is 21.2. The molecule has 8 nitrogen and oxygen atoms in total. The Morgan fingerprint density at radius 1 is 0.806 bits per heavy atom. The highest BCUT2D eigenvalue weighted by molar-refractivity contribution is 5.94. The van der Waals surface area contributed by atoms with Crippen LogP contribution in [0.5, 0.6) is 23.0 Å². The van der Waals surface area contributed by atoms with Crippen LogP contribution in [-0.4, -0.2) is 76.2 Å². The SMILES string of the molecule is COc1cccc(C(=O)N2CCN(C(=O)Cc3cc(OC)c(OC)c(OC)c3)CC2)c1. The molecule has 0 aromatic heterocycles. The number of methoxy groups -OCH3 is 4. The fourth-order valence-electron chi connectivity index (χ4n) is 3.62. The summed E-state index contributed by atoms with van der Waals surface area (Å²) in [6.45, 7) is 1.94. The first kappa shape index (κ1) is 22.3. The fourth-order valence-corrected chi connectivity index (χ4v) is 3.62. The minimum absolute atomic E-state index is 0.0113. The summed E-state index contributed by atoms with van der Waals surface area (Å²) >= 11 is 0. The molecule has 0 spiro atoms. The summed E-state index contributed by atoms with van der Waals surface area (Å²) in [4.78, 5) is 29.1. The van der Waals surface area contributed by atoms with Crippen LogP contribution in [0.3, 0.4) is 0 Å². The molecule has 2 aromatic rings. The fraction of sp³-hybridized carbons (Fsp3) is 0.391. The molecule has 1 aliphatic rings. The minimum atomic E-state index is -0.0596. The van der Waals surface area contributed by atoms with E-state index in [9.17, 15) is 9.59 Å². The van der Waals surface area contributed by atoms with E-state index in [0.717, 1.165) is 5.56 Å². The third kappa shape index (κ3) is 5.02. The summed E-state index contributed by atoms with van der Waals surface area (Å²) in [7, 11) is 6.20. The molecule has 0 radical (unpaired) electrons. The van der Waals surface area contributed by atoms with E-state index < -0.39 is 0 Å². The minimum Gasteiger partial charge on any atom is -0.497 e. The molecule has 31 heavy (non-hydrogen) atoms. The Morgan fingerprint density at radius 3 is 1.97 bits per heavy atom. The summed E-state index contributed by atoms with van der Waals surface area (Å²) in [5, 5.41) is 0. The Kier molecular flexibility index (Phi) is 7.23. The van der Waals surface area contributed by atoms with E-state index >= 15 is 0 Å². The molecular formula is C23H28N2O6. The van der Waals surface area contributed by atoms with Crippen LogP contribution in [0.25, 0.3) is 0 Å². The molecule has 2 aromatic carbocycles. The monoisotopic (exact) mass is 428 g/mol. The number of rotatable bonds is 7. The molecule has 0 atom stereocenters.